The molecule has 0 bridgehead atoms. The van der Waals surface area contributed by atoms with Gasteiger partial charge in [0.25, 0.3) is 0 Å². The van der Waals surface area contributed by atoms with Crippen LogP contribution in [0.1, 0.15) is 82.1 Å². The van der Waals surface area contributed by atoms with E-state index in [9.17, 15) is 0 Å². The maximum Gasteiger partial charge on any atom is 0.0655 e. The van der Waals surface area contributed by atoms with Crippen molar-refractivity contribution < 1.29 is 9.47 Å². The summed E-state index contributed by atoms with van der Waals surface area (Å²) in [5, 5.41) is 0. The van der Waals surface area contributed by atoms with Crippen LogP contribution in [0.25, 0.3) is 0 Å². The Labute approximate surface area is 121 Å². The van der Waals surface area contributed by atoms with Gasteiger partial charge in [-0.2, -0.15) is 0 Å². The van der Waals surface area contributed by atoms with Crippen molar-refractivity contribution in [2.45, 2.75) is 98.9 Å². The van der Waals surface area contributed by atoms with Gasteiger partial charge in [-0.3, -0.25) is 0 Å². The lowest BCUT2D eigenvalue weighted by atomic mass is 9.83. The molecule has 0 aromatic heterocycles. The van der Waals surface area contributed by atoms with E-state index in [0.717, 1.165) is 19.4 Å². The molecule has 0 N–H and O–H groups in total. The molecule has 0 heterocycles. The highest BCUT2D eigenvalue weighted by Gasteiger charge is 2.32. The van der Waals surface area contributed by atoms with Gasteiger partial charge in [-0.25, -0.2) is 0 Å². The van der Waals surface area contributed by atoms with Gasteiger partial charge in [-0.1, -0.05) is 20.8 Å². The van der Waals surface area contributed by atoms with Crippen LogP contribution in [0.4, 0.5) is 0 Å². The summed E-state index contributed by atoms with van der Waals surface area (Å²) in [6.07, 6.45) is 1.96. The first-order chi connectivity index (χ1) is 8.12. The summed E-state index contributed by atoms with van der Waals surface area (Å²) in [5.74, 6) is 0. The van der Waals surface area contributed by atoms with Crippen LogP contribution < -0.4 is 0 Å². The highest BCUT2D eigenvalue weighted by molar-refractivity contribution is 4.82. The Morgan fingerprint density at radius 1 is 0.684 bits per heavy atom. The molecule has 0 unspecified atom stereocenters. The molecule has 0 saturated carbocycles. The fraction of sp³-hybridized carbons (Fsp3) is 1.00. The third kappa shape index (κ3) is 11.4. The second-order valence-electron chi connectivity index (χ2n) is 9.07. The summed E-state index contributed by atoms with van der Waals surface area (Å²) in [5.41, 5.74) is -0.0536. The first-order valence-electron chi connectivity index (χ1n) is 7.46. The molecule has 116 valence electrons. The third-order valence-corrected chi connectivity index (χ3v) is 2.75. The van der Waals surface area contributed by atoms with Crippen molar-refractivity contribution in [1.82, 2.24) is 0 Å². The Morgan fingerprint density at radius 3 is 1.53 bits per heavy atom. The smallest absolute Gasteiger partial charge is 0.0655 e. The van der Waals surface area contributed by atoms with Gasteiger partial charge >= 0.3 is 0 Å². The Morgan fingerprint density at radius 2 is 1.16 bits per heavy atom. The summed E-state index contributed by atoms with van der Waals surface area (Å²) in [6, 6.07) is 0. The van der Waals surface area contributed by atoms with Gasteiger partial charge in [-0.15, -0.1) is 0 Å². The number of rotatable bonds is 6. The second kappa shape index (κ2) is 6.13. The summed E-state index contributed by atoms with van der Waals surface area (Å²) < 4.78 is 12.1. The molecule has 0 aliphatic carbocycles. The fourth-order valence-corrected chi connectivity index (χ4v) is 2.72. The van der Waals surface area contributed by atoms with E-state index in [0.29, 0.717) is 0 Å². The van der Waals surface area contributed by atoms with Crippen LogP contribution in [0.5, 0.6) is 0 Å². The number of hydrogen-bond donors (Lipinski definition) is 0. The van der Waals surface area contributed by atoms with Crippen molar-refractivity contribution in [2.75, 3.05) is 6.61 Å². The van der Waals surface area contributed by atoms with Crippen LogP contribution in [0.15, 0.2) is 0 Å². The molecule has 0 saturated heterocycles. The quantitative estimate of drug-likeness (QED) is 0.661. The third-order valence-electron chi connectivity index (χ3n) is 2.75. The molecule has 0 radical (unpaired) electrons. The zero-order valence-corrected chi connectivity index (χ0v) is 14.9. The minimum Gasteiger partial charge on any atom is -0.376 e. The Kier molecular flexibility index (Phi) is 6.11. The maximum atomic E-state index is 6.34. The van der Waals surface area contributed by atoms with Crippen molar-refractivity contribution in [3.05, 3.63) is 0 Å². The summed E-state index contributed by atoms with van der Waals surface area (Å²) in [4.78, 5) is 0. The van der Waals surface area contributed by atoms with Crippen LogP contribution in [-0.4, -0.2) is 23.4 Å². The van der Waals surface area contributed by atoms with Crippen LogP contribution in [0.3, 0.4) is 0 Å². The Hall–Kier alpha value is -0.0800. The monoisotopic (exact) mass is 272 g/mol. The molecular formula is C17H36O2. The molecular weight excluding hydrogens is 236 g/mol. The molecule has 0 aliphatic heterocycles. The van der Waals surface area contributed by atoms with Crippen molar-refractivity contribution in [3.63, 3.8) is 0 Å². The Bertz CT molecular complexity index is 264. The molecule has 0 rings (SSSR count). The van der Waals surface area contributed by atoms with Crippen molar-refractivity contribution >= 4 is 0 Å². The van der Waals surface area contributed by atoms with E-state index >= 15 is 0 Å². The summed E-state index contributed by atoms with van der Waals surface area (Å²) in [6.45, 7) is 22.5. The number of hydrogen-bond acceptors (Lipinski definition) is 2. The standard InChI is InChI=1S/C17H36O2/c1-14(2,3)13-17(9,10)19-16(7,8)11-12-18-15(4,5)6/h11-13H2,1-10H3. The topological polar surface area (TPSA) is 18.5 Å². The predicted octanol–water partition coefficient (Wildman–Crippen LogP) is 5.20. The summed E-state index contributed by atoms with van der Waals surface area (Å²) in [7, 11) is 0. The first kappa shape index (κ1) is 18.9. The van der Waals surface area contributed by atoms with E-state index in [1.54, 1.807) is 0 Å². The van der Waals surface area contributed by atoms with Crippen molar-refractivity contribution in [1.29, 1.82) is 0 Å². The predicted molar refractivity (Wildman–Crippen MR) is 83.6 cm³/mol. The molecule has 19 heavy (non-hydrogen) atoms. The molecule has 2 nitrogen and oxygen atoms in total. The van der Waals surface area contributed by atoms with E-state index in [4.69, 9.17) is 9.47 Å². The lowest BCUT2D eigenvalue weighted by molar-refractivity contribution is -0.150. The molecule has 0 aromatic rings. The van der Waals surface area contributed by atoms with E-state index in [1.165, 1.54) is 0 Å². The highest BCUT2D eigenvalue weighted by Crippen LogP contribution is 2.33. The van der Waals surface area contributed by atoms with Crippen LogP contribution >= 0.6 is 0 Å². The Balaban J connectivity index is 4.35. The molecule has 0 spiro atoms. The van der Waals surface area contributed by atoms with Gasteiger partial charge in [0.05, 0.1) is 16.8 Å². The minimum atomic E-state index is -0.153. The highest BCUT2D eigenvalue weighted by atomic mass is 16.5. The fourth-order valence-electron chi connectivity index (χ4n) is 2.72. The van der Waals surface area contributed by atoms with Gasteiger partial charge in [0.1, 0.15) is 0 Å². The van der Waals surface area contributed by atoms with E-state index < -0.39 is 0 Å². The normalized spacial score (nSPS) is 14.8. The average Bonchev–Trinajstić information content (AvgIpc) is 1.90. The van der Waals surface area contributed by atoms with E-state index in [2.05, 4.69) is 69.2 Å². The maximum absolute atomic E-state index is 6.34. The molecule has 0 aliphatic rings. The van der Waals surface area contributed by atoms with E-state index in [1.807, 2.05) is 0 Å². The lowest BCUT2D eigenvalue weighted by Gasteiger charge is -2.40. The van der Waals surface area contributed by atoms with Gasteiger partial charge in [0, 0.05) is 6.61 Å². The molecule has 2 heteroatoms. The zero-order valence-electron chi connectivity index (χ0n) is 14.9. The van der Waals surface area contributed by atoms with Gasteiger partial charge in [0.2, 0.25) is 0 Å². The molecule has 0 aromatic carbocycles. The van der Waals surface area contributed by atoms with Crippen molar-refractivity contribution in [3.8, 4) is 0 Å². The average molecular weight is 272 g/mol. The molecule has 0 fully saturated rings. The van der Waals surface area contributed by atoms with E-state index in [-0.39, 0.29) is 22.2 Å². The van der Waals surface area contributed by atoms with Crippen LogP contribution in [0, 0.1) is 5.41 Å². The largest absolute Gasteiger partial charge is 0.376 e. The van der Waals surface area contributed by atoms with Crippen molar-refractivity contribution in [2.24, 2.45) is 5.41 Å². The molecule has 0 amide bonds. The van der Waals surface area contributed by atoms with Gasteiger partial charge < -0.3 is 9.47 Å². The second-order valence-corrected chi connectivity index (χ2v) is 9.07. The SMILES string of the molecule is CC(C)(C)CC(C)(C)OC(C)(C)CCOC(C)(C)C. The lowest BCUT2D eigenvalue weighted by Crippen LogP contribution is -2.40. The first-order valence-corrected chi connectivity index (χ1v) is 7.46. The van der Waals surface area contributed by atoms with Gasteiger partial charge in [0.15, 0.2) is 0 Å². The van der Waals surface area contributed by atoms with Crippen LogP contribution in [-0.2, 0) is 9.47 Å². The van der Waals surface area contributed by atoms with Gasteiger partial charge in [-0.05, 0) is 66.7 Å². The summed E-state index contributed by atoms with van der Waals surface area (Å²) >= 11 is 0. The minimum absolute atomic E-state index is 0.0724. The van der Waals surface area contributed by atoms with Crippen LogP contribution in [0.2, 0.25) is 0 Å². The number of ether oxygens (including phenoxy) is 2. The molecule has 0 atom stereocenters. The zero-order chi connectivity index (χ0) is 15.5.